The van der Waals surface area contributed by atoms with Crippen molar-refractivity contribution in [1.29, 1.82) is 0 Å². The van der Waals surface area contributed by atoms with Crippen LogP contribution in [0.3, 0.4) is 0 Å². The first-order chi connectivity index (χ1) is 14.0. The number of para-hydroxylation sites is 1. The van der Waals surface area contributed by atoms with Crippen molar-refractivity contribution in [2.24, 2.45) is 0 Å². The molecule has 29 heavy (non-hydrogen) atoms. The number of hydroxylamine groups is 1. The van der Waals surface area contributed by atoms with E-state index in [0.29, 0.717) is 17.0 Å². The maximum atomic E-state index is 13.1. The third-order valence-corrected chi connectivity index (χ3v) is 5.99. The van der Waals surface area contributed by atoms with E-state index in [-0.39, 0.29) is 22.0 Å². The second kappa shape index (κ2) is 8.72. The third-order valence-electron chi connectivity index (χ3n) is 4.22. The summed E-state index contributed by atoms with van der Waals surface area (Å²) < 4.78 is 31.2. The van der Waals surface area contributed by atoms with Crippen LogP contribution in [0.1, 0.15) is 15.9 Å². The molecule has 8 nitrogen and oxygen atoms in total. The summed E-state index contributed by atoms with van der Waals surface area (Å²) in [5.41, 5.74) is 2.68. The summed E-state index contributed by atoms with van der Waals surface area (Å²) in [6.07, 6.45) is 1.41. The van der Waals surface area contributed by atoms with Crippen LogP contribution < -0.4 is 15.5 Å². The fraction of sp³-hybridized carbons (Fsp3) is 0.100. The predicted molar refractivity (Wildman–Crippen MR) is 106 cm³/mol. The Balaban J connectivity index is 1.91. The largest absolute Gasteiger partial charge is 0.497 e. The van der Waals surface area contributed by atoms with E-state index in [1.807, 2.05) is 0 Å². The van der Waals surface area contributed by atoms with Crippen molar-refractivity contribution in [3.05, 3.63) is 78.0 Å². The lowest BCUT2D eigenvalue weighted by Gasteiger charge is -2.13. The van der Waals surface area contributed by atoms with Gasteiger partial charge in [0.2, 0.25) is 9.84 Å². The molecule has 0 unspecified atom stereocenters. The molecular weight excluding hydrogens is 394 g/mol. The molecule has 0 aliphatic heterocycles. The van der Waals surface area contributed by atoms with Gasteiger partial charge in [-0.1, -0.05) is 18.2 Å². The summed E-state index contributed by atoms with van der Waals surface area (Å²) in [6.45, 7) is 0.105. The van der Waals surface area contributed by atoms with Crippen molar-refractivity contribution in [2.75, 3.05) is 12.4 Å². The van der Waals surface area contributed by atoms with Crippen molar-refractivity contribution in [3.8, 4) is 5.75 Å². The fourth-order valence-corrected chi connectivity index (χ4v) is 4.16. The number of pyridine rings is 1. The number of benzene rings is 2. The van der Waals surface area contributed by atoms with Gasteiger partial charge in [-0.25, -0.2) is 18.9 Å². The molecule has 0 aliphatic rings. The van der Waals surface area contributed by atoms with Gasteiger partial charge in [0.1, 0.15) is 5.75 Å². The van der Waals surface area contributed by atoms with E-state index in [4.69, 9.17) is 9.94 Å². The van der Waals surface area contributed by atoms with Crippen LogP contribution in [-0.4, -0.2) is 31.6 Å². The average molecular weight is 413 g/mol. The Kier molecular flexibility index (Phi) is 6.10. The first-order valence-corrected chi connectivity index (χ1v) is 10.1. The number of carbonyl (C=O) groups is 1. The Morgan fingerprint density at radius 3 is 2.48 bits per heavy atom. The number of nitrogens with zero attached hydrogens (tertiary/aromatic N) is 1. The molecule has 3 N–H and O–H groups in total. The number of sulfone groups is 1. The van der Waals surface area contributed by atoms with Crippen molar-refractivity contribution >= 4 is 21.4 Å². The molecule has 150 valence electrons. The van der Waals surface area contributed by atoms with E-state index < -0.39 is 15.7 Å². The number of rotatable bonds is 7. The van der Waals surface area contributed by atoms with E-state index in [9.17, 15) is 13.2 Å². The first-order valence-electron chi connectivity index (χ1n) is 8.57. The van der Waals surface area contributed by atoms with E-state index >= 15 is 0 Å². The summed E-state index contributed by atoms with van der Waals surface area (Å²) in [5.74, 6) is -0.129. The fourth-order valence-electron chi connectivity index (χ4n) is 2.75. The van der Waals surface area contributed by atoms with Gasteiger partial charge in [0.25, 0.3) is 5.91 Å². The number of nitrogens with one attached hydrogen (secondary N) is 2. The Morgan fingerprint density at radius 1 is 1.07 bits per heavy atom. The summed E-state index contributed by atoms with van der Waals surface area (Å²) in [4.78, 5) is 16.0. The molecule has 0 aliphatic carbocycles. The highest BCUT2D eigenvalue weighted by molar-refractivity contribution is 7.91. The van der Waals surface area contributed by atoms with Gasteiger partial charge in [0.05, 0.1) is 17.6 Å². The minimum absolute atomic E-state index is 0.0817. The normalized spacial score (nSPS) is 11.0. The van der Waals surface area contributed by atoms with Gasteiger partial charge < -0.3 is 10.1 Å². The number of methoxy groups -OCH3 is 1. The van der Waals surface area contributed by atoms with Gasteiger partial charge >= 0.3 is 0 Å². The lowest BCUT2D eigenvalue weighted by atomic mass is 10.1. The lowest BCUT2D eigenvalue weighted by Crippen LogP contribution is -2.20. The molecule has 0 bridgehead atoms. The zero-order valence-electron chi connectivity index (χ0n) is 15.5. The van der Waals surface area contributed by atoms with Crippen molar-refractivity contribution < 1.29 is 23.2 Å². The smallest absolute Gasteiger partial charge is 0.276 e. The van der Waals surface area contributed by atoms with E-state index in [1.165, 1.54) is 31.5 Å². The average Bonchev–Trinajstić information content (AvgIpc) is 2.77. The van der Waals surface area contributed by atoms with Crippen LogP contribution in [0.5, 0.6) is 5.75 Å². The van der Waals surface area contributed by atoms with Crippen molar-refractivity contribution in [1.82, 2.24) is 10.5 Å². The minimum Gasteiger partial charge on any atom is -0.497 e. The Morgan fingerprint density at radius 2 is 1.79 bits per heavy atom. The van der Waals surface area contributed by atoms with Crippen LogP contribution in [0.15, 0.2) is 76.8 Å². The SMILES string of the molecule is COc1ccc(S(=O)(=O)c2ncccc2CNc2ccccc2C(=O)NO)cc1. The zero-order chi connectivity index (χ0) is 20.9. The van der Waals surface area contributed by atoms with Crippen LogP contribution in [0.2, 0.25) is 0 Å². The van der Waals surface area contributed by atoms with Gasteiger partial charge in [-0.15, -0.1) is 0 Å². The summed E-state index contributed by atoms with van der Waals surface area (Å²) in [7, 11) is -2.36. The molecule has 0 fully saturated rings. The van der Waals surface area contributed by atoms with Crippen LogP contribution in [0, 0.1) is 0 Å². The highest BCUT2D eigenvalue weighted by Gasteiger charge is 2.23. The summed E-state index contributed by atoms with van der Waals surface area (Å²) in [6, 6.07) is 15.9. The zero-order valence-corrected chi connectivity index (χ0v) is 16.3. The number of aromatic nitrogens is 1. The van der Waals surface area contributed by atoms with Crippen LogP contribution in [0.4, 0.5) is 5.69 Å². The van der Waals surface area contributed by atoms with Gasteiger partial charge in [-0.05, 0) is 42.5 Å². The van der Waals surface area contributed by atoms with Crippen LogP contribution >= 0.6 is 0 Å². The molecule has 2 aromatic carbocycles. The van der Waals surface area contributed by atoms with Crippen molar-refractivity contribution in [3.63, 3.8) is 0 Å². The molecular formula is C20H19N3O5S. The van der Waals surface area contributed by atoms with Crippen LogP contribution in [0.25, 0.3) is 0 Å². The third kappa shape index (κ3) is 4.36. The molecule has 3 rings (SSSR count). The Hall–Kier alpha value is -3.43. The van der Waals surface area contributed by atoms with Crippen LogP contribution in [-0.2, 0) is 16.4 Å². The van der Waals surface area contributed by atoms with Gasteiger partial charge in [-0.3, -0.25) is 10.0 Å². The van der Waals surface area contributed by atoms with Gasteiger partial charge in [-0.2, -0.15) is 0 Å². The summed E-state index contributed by atoms with van der Waals surface area (Å²) in [5, 5.41) is 11.8. The highest BCUT2D eigenvalue weighted by Crippen LogP contribution is 2.25. The molecule has 0 atom stereocenters. The standard InChI is InChI=1S/C20H19N3O5S/c1-28-15-8-10-16(11-9-15)29(26,27)20-14(5-4-12-21-20)13-22-18-7-3-2-6-17(18)19(24)23-25/h2-12,22,25H,13H2,1H3,(H,23,24). The molecule has 1 amide bonds. The number of hydrogen-bond donors (Lipinski definition) is 3. The Labute approximate surface area is 168 Å². The molecule has 1 heterocycles. The minimum atomic E-state index is -3.86. The van der Waals surface area contributed by atoms with Crippen molar-refractivity contribution in [2.45, 2.75) is 16.5 Å². The molecule has 9 heteroatoms. The topological polar surface area (TPSA) is 118 Å². The number of carbonyl (C=O) groups excluding carboxylic acids is 1. The maximum Gasteiger partial charge on any atom is 0.276 e. The number of anilines is 1. The monoisotopic (exact) mass is 413 g/mol. The quantitative estimate of drug-likeness (QED) is 0.403. The van der Waals surface area contributed by atoms with E-state index in [0.717, 1.165) is 0 Å². The molecule has 0 radical (unpaired) electrons. The number of hydrogen-bond acceptors (Lipinski definition) is 7. The van der Waals surface area contributed by atoms with E-state index in [2.05, 4.69) is 10.3 Å². The molecule has 0 spiro atoms. The second-order valence-corrected chi connectivity index (χ2v) is 7.85. The molecule has 0 saturated carbocycles. The number of ether oxygens (including phenoxy) is 1. The number of amides is 1. The van der Waals surface area contributed by atoms with E-state index in [1.54, 1.807) is 47.9 Å². The van der Waals surface area contributed by atoms with Gasteiger partial charge in [0, 0.05) is 24.0 Å². The summed E-state index contributed by atoms with van der Waals surface area (Å²) >= 11 is 0. The molecule has 3 aromatic rings. The maximum absolute atomic E-state index is 13.1. The second-order valence-electron chi connectivity index (χ2n) is 5.99. The highest BCUT2D eigenvalue weighted by atomic mass is 32.2. The molecule has 0 saturated heterocycles. The Bertz CT molecular complexity index is 1110. The predicted octanol–water partition coefficient (Wildman–Crippen LogP) is 2.65. The molecule has 1 aromatic heterocycles. The van der Waals surface area contributed by atoms with Gasteiger partial charge in [0.15, 0.2) is 5.03 Å². The first kappa shape index (κ1) is 20.3. The lowest BCUT2D eigenvalue weighted by molar-refractivity contribution is 0.0707.